The van der Waals surface area contributed by atoms with E-state index in [-0.39, 0.29) is 0 Å². The van der Waals surface area contributed by atoms with E-state index in [1.807, 2.05) is 19.9 Å². The van der Waals surface area contributed by atoms with Gasteiger partial charge in [0.1, 0.15) is 6.10 Å². The molecule has 0 aliphatic heterocycles. The average molecular weight is 180 g/mol. The van der Waals surface area contributed by atoms with Crippen molar-refractivity contribution in [3.8, 4) is 6.07 Å². The summed E-state index contributed by atoms with van der Waals surface area (Å²) in [6.07, 6.45) is -2.53. The summed E-state index contributed by atoms with van der Waals surface area (Å²) in [4.78, 5) is 2.90. The molecule has 0 bridgehead atoms. The van der Waals surface area contributed by atoms with E-state index in [1.54, 1.807) is 6.07 Å². The van der Waals surface area contributed by atoms with Crippen LogP contribution in [0.5, 0.6) is 0 Å². The molecule has 0 saturated heterocycles. The first kappa shape index (κ1) is 9.78. The van der Waals surface area contributed by atoms with Gasteiger partial charge in [-0.2, -0.15) is 5.26 Å². The molecule has 0 amide bonds. The molecule has 13 heavy (non-hydrogen) atoms. The second-order valence-electron chi connectivity index (χ2n) is 3.07. The third kappa shape index (κ3) is 1.89. The molecule has 1 rings (SSSR count). The molecule has 70 valence electrons. The van der Waals surface area contributed by atoms with Crippen LogP contribution in [0.1, 0.15) is 23.1 Å². The Morgan fingerprint density at radius 1 is 1.46 bits per heavy atom. The van der Waals surface area contributed by atoms with Crippen LogP contribution in [0.15, 0.2) is 6.07 Å². The Bertz CT molecular complexity index is 338. The number of hydrogen-bond donors (Lipinski definition) is 3. The summed E-state index contributed by atoms with van der Waals surface area (Å²) in [5.41, 5.74) is 2.25. The van der Waals surface area contributed by atoms with Crippen molar-refractivity contribution >= 4 is 0 Å². The smallest absolute Gasteiger partial charge is 0.171 e. The van der Waals surface area contributed by atoms with Crippen molar-refractivity contribution in [1.29, 1.82) is 5.26 Å². The van der Waals surface area contributed by atoms with Gasteiger partial charge < -0.3 is 15.2 Å². The van der Waals surface area contributed by atoms with Crippen LogP contribution in [0.4, 0.5) is 0 Å². The molecule has 1 heterocycles. The Balaban J connectivity index is 2.95. The first-order valence-electron chi connectivity index (χ1n) is 3.98. The van der Waals surface area contributed by atoms with Gasteiger partial charge in [0.25, 0.3) is 0 Å². The Morgan fingerprint density at radius 3 is 2.46 bits per heavy atom. The lowest BCUT2D eigenvalue weighted by Gasteiger charge is -2.10. The number of hydrogen-bond acceptors (Lipinski definition) is 3. The minimum atomic E-state index is -1.38. The first-order valence-corrected chi connectivity index (χ1v) is 3.98. The number of aliphatic hydroxyl groups excluding tert-OH is 2. The fraction of sp³-hybridized carbons (Fsp3) is 0.444. The summed E-state index contributed by atoms with van der Waals surface area (Å²) < 4.78 is 0. The van der Waals surface area contributed by atoms with Crippen LogP contribution < -0.4 is 0 Å². The molecule has 2 unspecified atom stereocenters. The molecule has 4 heteroatoms. The summed E-state index contributed by atoms with van der Waals surface area (Å²) >= 11 is 0. The largest absolute Gasteiger partial charge is 0.383 e. The van der Waals surface area contributed by atoms with E-state index in [9.17, 15) is 5.11 Å². The highest BCUT2D eigenvalue weighted by atomic mass is 16.3. The monoisotopic (exact) mass is 180 g/mol. The number of aromatic amines is 1. The molecule has 0 aliphatic carbocycles. The van der Waals surface area contributed by atoms with Crippen LogP contribution in [0.25, 0.3) is 0 Å². The highest BCUT2D eigenvalue weighted by molar-refractivity contribution is 5.27. The SMILES string of the molecule is Cc1cc(C)c(C(O)C(O)C#N)[nH]1. The van der Waals surface area contributed by atoms with Crippen molar-refractivity contribution in [3.05, 3.63) is 23.0 Å². The molecule has 0 spiro atoms. The van der Waals surface area contributed by atoms with Crippen LogP contribution in [-0.2, 0) is 0 Å². The van der Waals surface area contributed by atoms with Gasteiger partial charge in [0.2, 0.25) is 0 Å². The van der Waals surface area contributed by atoms with Gasteiger partial charge in [-0.1, -0.05) is 0 Å². The molecule has 2 atom stereocenters. The van der Waals surface area contributed by atoms with Gasteiger partial charge in [0.05, 0.1) is 11.8 Å². The quantitative estimate of drug-likeness (QED) is 0.581. The standard InChI is InChI=1S/C9H12N2O2/c1-5-3-6(2)11-8(5)9(13)7(12)4-10/h3,7,9,11-13H,1-2H3. The van der Waals surface area contributed by atoms with Gasteiger partial charge in [-0.3, -0.25) is 0 Å². The maximum atomic E-state index is 9.48. The number of aryl methyl sites for hydroxylation is 2. The summed E-state index contributed by atoms with van der Waals surface area (Å²) in [5, 5.41) is 27.0. The lowest BCUT2D eigenvalue weighted by atomic mass is 10.1. The van der Waals surface area contributed by atoms with E-state index in [0.717, 1.165) is 11.3 Å². The maximum Gasteiger partial charge on any atom is 0.171 e. The Hall–Kier alpha value is -1.31. The highest BCUT2D eigenvalue weighted by Crippen LogP contribution is 2.20. The van der Waals surface area contributed by atoms with Gasteiger partial charge >= 0.3 is 0 Å². The summed E-state index contributed by atoms with van der Waals surface area (Å²) in [6, 6.07) is 3.44. The zero-order valence-corrected chi connectivity index (χ0v) is 7.57. The average Bonchev–Trinajstić information content (AvgIpc) is 2.42. The van der Waals surface area contributed by atoms with Crippen LogP contribution in [-0.4, -0.2) is 21.3 Å². The van der Waals surface area contributed by atoms with Crippen molar-refractivity contribution in [2.75, 3.05) is 0 Å². The van der Waals surface area contributed by atoms with E-state index in [2.05, 4.69) is 4.98 Å². The van der Waals surface area contributed by atoms with E-state index in [1.165, 1.54) is 0 Å². The minimum Gasteiger partial charge on any atom is -0.383 e. The zero-order valence-electron chi connectivity index (χ0n) is 7.57. The van der Waals surface area contributed by atoms with Crippen molar-refractivity contribution in [1.82, 2.24) is 4.98 Å². The number of aliphatic hydroxyl groups is 2. The lowest BCUT2D eigenvalue weighted by molar-refractivity contribution is 0.0497. The predicted octanol–water partition coefficient (Wildman–Crippen LogP) is 0.549. The maximum absolute atomic E-state index is 9.48. The molecule has 0 aliphatic rings. The summed E-state index contributed by atoms with van der Waals surface area (Å²) in [5.74, 6) is 0. The van der Waals surface area contributed by atoms with E-state index < -0.39 is 12.2 Å². The van der Waals surface area contributed by atoms with E-state index >= 15 is 0 Å². The molecule has 0 aromatic carbocycles. The molecular formula is C9H12N2O2. The predicted molar refractivity (Wildman–Crippen MR) is 46.8 cm³/mol. The van der Waals surface area contributed by atoms with E-state index in [0.29, 0.717) is 5.69 Å². The number of nitrogens with one attached hydrogen (secondary N) is 1. The number of rotatable bonds is 2. The fourth-order valence-electron chi connectivity index (χ4n) is 1.29. The Kier molecular flexibility index (Phi) is 2.71. The number of H-pyrrole nitrogens is 1. The van der Waals surface area contributed by atoms with Crippen molar-refractivity contribution in [3.63, 3.8) is 0 Å². The number of nitrogens with zero attached hydrogens (tertiary/aromatic N) is 1. The van der Waals surface area contributed by atoms with Gasteiger partial charge in [0, 0.05) is 5.69 Å². The fourth-order valence-corrected chi connectivity index (χ4v) is 1.29. The van der Waals surface area contributed by atoms with Crippen molar-refractivity contribution < 1.29 is 10.2 Å². The molecule has 1 aromatic rings. The zero-order chi connectivity index (χ0) is 10.0. The van der Waals surface area contributed by atoms with Gasteiger partial charge in [0.15, 0.2) is 6.10 Å². The number of aromatic nitrogens is 1. The third-order valence-corrected chi connectivity index (χ3v) is 1.92. The van der Waals surface area contributed by atoms with Crippen molar-refractivity contribution in [2.24, 2.45) is 0 Å². The summed E-state index contributed by atoms with van der Waals surface area (Å²) in [6.45, 7) is 3.66. The van der Waals surface area contributed by atoms with Crippen LogP contribution in [0.3, 0.4) is 0 Å². The van der Waals surface area contributed by atoms with Crippen molar-refractivity contribution in [2.45, 2.75) is 26.1 Å². The van der Waals surface area contributed by atoms with Crippen LogP contribution in [0.2, 0.25) is 0 Å². The van der Waals surface area contributed by atoms with Crippen LogP contribution in [0, 0.1) is 25.2 Å². The molecule has 4 nitrogen and oxygen atoms in total. The second-order valence-corrected chi connectivity index (χ2v) is 3.07. The van der Waals surface area contributed by atoms with Gasteiger partial charge in [-0.25, -0.2) is 0 Å². The molecule has 3 N–H and O–H groups in total. The molecule has 1 aromatic heterocycles. The topological polar surface area (TPSA) is 80.0 Å². The second kappa shape index (κ2) is 3.60. The molecule has 0 radical (unpaired) electrons. The molecule has 0 fully saturated rings. The molecular weight excluding hydrogens is 168 g/mol. The first-order chi connectivity index (χ1) is 6.06. The van der Waals surface area contributed by atoms with Gasteiger partial charge in [-0.05, 0) is 25.5 Å². The normalized spacial score (nSPS) is 15.0. The highest BCUT2D eigenvalue weighted by Gasteiger charge is 2.20. The number of nitriles is 1. The Morgan fingerprint density at radius 2 is 2.08 bits per heavy atom. The van der Waals surface area contributed by atoms with Gasteiger partial charge in [-0.15, -0.1) is 0 Å². The van der Waals surface area contributed by atoms with E-state index in [4.69, 9.17) is 10.4 Å². The summed E-state index contributed by atoms with van der Waals surface area (Å²) in [7, 11) is 0. The third-order valence-electron chi connectivity index (χ3n) is 1.92. The minimum absolute atomic E-state index is 0.506. The van der Waals surface area contributed by atoms with Crippen LogP contribution >= 0.6 is 0 Å². The Labute approximate surface area is 76.4 Å². The molecule has 0 saturated carbocycles. The lowest BCUT2D eigenvalue weighted by Crippen LogP contribution is -2.16.